The summed E-state index contributed by atoms with van der Waals surface area (Å²) in [5.41, 5.74) is 0.832. The lowest BCUT2D eigenvalue weighted by Gasteiger charge is -2.06. The monoisotopic (exact) mass is 267 g/mol. The zero-order chi connectivity index (χ0) is 14.7. The van der Waals surface area contributed by atoms with Crippen LogP contribution in [0.3, 0.4) is 0 Å². The minimum atomic E-state index is -1.31. The maximum Gasteiger partial charge on any atom is 0.235 e. The molecule has 1 heterocycles. The van der Waals surface area contributed by atoms with Gasteiger partial charge in [0.05, 0.1) is 6.20 Å². The summed E-state index contributed by atoms with van der Waals surface area (Å²) in [5.74, 6) is 1.02. The standard InChI is InChI=1S/C11H10FNO2.2C2H6/c1-8(12)15-10-4-2-9(3-5-10)11-13-6-7-14-11;2*1-2/h2-8H,1H3;2*1-2H3. The van der Waals surface area contributed by atoms with Crippen molar-refractivity contribution in [3.8, 4) is 17.2 Å². The smallest absolute Gasteiger partial charge is 0.235 e. The molecule has 19 heavy (non-hydrogen) atoms. The molecule has 106 valence electrons. The molecule has 1 unspecified atom stereocenters. The van der Waals surface area contributed by atoms with Gasteiger partial charge in [0.1, 0.15) is 12.0 Å². The van der Waals surface area contributed by atoms with Crippen LogP contribution in [0.4, 0.5) is 4.39 Å². The van der Waals surface area contributed by atoms with Crippen molar-refractivity contribution in [2.75, 3.05) is 0 Å². The van der Waals surface area contributed by atoms with Crippen LogP contribution in [0.25, 0.3) is 11.5 Å². The van der Waals surface area contributed by atoms with E-state index in [4.69, 9.17) is 9.15 Å². The maximum absolute atomic E-state index is 12.5. The second-order valence-electron chi connectivity index (χ2n) is 3.02. The van der Waals surface area contributed by atoms with Crippen molar-refractivity contribution in [3.63, 3.8) is 0 Å². The Morgan fingerprint density at radius 3 is 2.11 bits per heavy atom. The van der Waals surface area contributed by atoms with Gasteiger partial charge >= 0.3 is 0 Å². The highest BCUT2D eigenvalue weighted by Crippen LogP contribution is 2.21. The van der Waals surface area contributed by atoms with Gasteiger partial charge in [0.2, 0.25) is 12.2 Å². The van der Waals surface area contributed by atoms with Gasteiger partial charge in [-0.3, -0.25) is 0 Å². The molecule has 1 aromatic heterocycles. The van der Waals surface area contributed by atoms with E-state index in [1.54, 1.807) is 30.5 Å². The Kier molecular flexibility index (Phi) is 9.14. The van der Waals surface area contributed by atoms with Crippen LogP contribution in [-0.2, 0) is 0 Å². The second-order valence-corrected chi connectivity index (χ2v) is 3.02. The molecule has 0 bridgehead atoms. The Hall–Kier alpha value is -1.84. The van der Waals surface area contributed by atoms with Gasteiger partial charge in [-0.25, -0.2) is 9.37 Å². The fraction of sp³-hybridized carbons (Fsp3) is 0.400. The lowest BCUT2D eigenvalue weighted by molar-refractivity contribution is 0.0861. The molecular weight excluding hydrogens is 245 g/mol. The fourth-order valence-corrected chi connectivity index (χ4v) is 1.23. The Morgan fingerprint density at radius 2 is 1.68 bits per heavy atom. The molecule has 2 aromatic rings. The Bertz CT molecular complexity index is 410. The Morgan fingerprint density at radius 1 is 1.11 bits per heavy atom. The summed E-state index contributed by atoms with van der Waals surface area (Å²) < 4.78 is 22.5. The Balaban J connectivity index is 0.000000741. The summed E-state index contributed by atoms with van der Waals surface area (Å²) in [4.78, 5) is 4.00. The number of aromatic nitrogens is 1. The van der Waals surface area contributed by atoms with Crippen LogP contribution in [0.1, 0.15) is 34.6 Å². The van der Waals surface area contributed by atoms with Crippen molar-refractivity contribution in [1.29, 1.82) is 0 Å². The quantitative estimate of drug-likeness (QED) is 0.777. The van der Waals surface area contributed by atoms with E-state index in [2.05, 4.69) is 4.98 Å². The number of hydrogen-bond donors (Lipinski definition) is 0. The third kappa shape index (κ3) is 6.04. The minimum Gasteiger partial charge on any atom is -0.461 e. The molecule has 1 aromatic carbocycles. The molecule has 0 saturated heterocycles. The first kappa shape index (κ1) is 17.2. The van der Waals surface area contributed by atoms with Gasteiger partial charge in [-0.2, -0.15) is 0 Å². The van der Waals surface area contributed by atoms with E-state index in [0.29, 0.717) is 11.6 Å². The van der Waals surface area contributed by atoms with Crippen molar-refractivity contribution in [3.05, 3.63) is 36.7 Å². The third-order valence-corrected chi connectivity index (χ3v) is 1.83. The SMILES string of the molecule is CC.CC.CC(F)Oc1ccc(-c2ncco2)cc1. The van der Waals surface area contributed by atoms with Gasteiger partial charge in [0, 0.05) is 12.5 Å². The van der Waals surface area contributed by atoms with E-state index in [-0.39, 0.29) is 0 Å². The molecule has 0 saturated carbocycles. The van der Waals surface area contributed by atoms with Crippen LogP contribution in [-0.4, -0.2) is 11.3 Å². The van der Waals surface area contributed by atoms with Crippen LogP contribution in [0.5, 0.6) is 5.75 Å². The number of alkyl halides is 1. The lowest BCUT2D eigenvalue weighted by Crippen LogP contribution is -2.03. The first-order valence-corrected chi connectivity index (χ1v) is 6.56. The summed E-state index contributed by atoms with van der Waals surface area (Å²) >= 11 is 0. The average molecular weight is 267 g/mol. The molecule has 3 nitrogen and oxygen atoms in total. The van der Waals surface area contributed by atoms with Crippen LogP contribution >= 0.6 is 0 Å². The normalized spacial score (nSPS) is 10.4. The summed E-state index contributed by atoms with van der Waals surface area (Å²) in [6.45, 7) is 9.34. The van der Waals surface area contributed by atoms with Gasteiger partial charge in [0.15, 0.2) is 0 Å². The summed E-state index contributed by atoms with van der Waals surface area (Å²) in [5, 5.41) is 0. The second kappa shape index (κ2) is 10.1. The van der Waals surface area contributed by atoms with Crippen LogP contribution < -0.4 is 4.74 Å². The molecule has 0 N–H and O–H groups in total. The molecule has 4 heteroatoms. The molecule has 0 aliphatic heterocycles. The first-order valence-electron chi connectivity index (χ1n) is 6.56. The van der Waals surface area contributed by atoms with Gasteiger partial charge in [0.25, 0.3) is 0 Å². The highest BCUT2D eigenvalue weighted by Gasteiger charge is 2.03. The van der Waals surface area contributed by atoms with Crippen LogP contribution in [0.15, 0.2) is 41.1 Å². The predicted molar refractivity (Wildman–Crippen MR) is 75.8 cm³/mol. The maximum atomic E-state index is 12.5. The van der Waals surface area contributed by atoms with Crippen molar-refractivity contribution in [1.82, 2.24) is 4.98 Å². The number of nitrogens with zero attached hydrogens (tertiary/aromatic N) is 1. The average Bonchev–Trinajstić information content (AvgIpc) is 2.98. The van der Waals surface area contributed by atoms with E-state index in [9.17, 15) is 4.39 Å². The third-order valence-electron chi connectivity index (χ3n) is 1.83. The first-order chi connectivity index (χ1) is 9.25. The number of halogens is 1. The van der Waals surface area contributed by atoms with E-state index < -0.39 is 6.36 Å². The predicted octanol–water partition coefficient (Wildman–Crippen LogP) is 5.09. The minimum absolute atomic E-state index is 0.486. The number of rotatable bonds is 3. The number of ether oxygens (including phenoxy) is 1. The summed E-state index contributed by atoms with van der Waals surface area (Å²) in [7, 11) is 0. The van der Waals surface area contributed by atoms with Crippen LogP contribution in [0.2, 0.25) is 0 Å². The van der Waals surface area contributed by atoms with Crippen molar-refractivity contribution < 1.29 is 13.5 Å². The number of hydrogen-bond acceptors (Lipinski definition) is 3. The van der Waals surface area contributed by atoms with Crippen LogP contribution in [0, 0.1) is 0 Å². The molecule has 1 atom stereocenters. The summed E-state index contributed by atoms with van der Waals surface area (Å²) in [6, 6.07) is 6.89. The Labute approximate surface area is 114 Å². The molecule has 2 rings (SSSR count). The van der Waals surface area contributed by atoms with Gasteiger partial charge in [-0.15, -0.1) is 0 Å². The van der Waals surface area contributed by atoms with Crippen molar-refractivity contribution in [2.24, 2.45) is 0 Å². The largest absolute Gasteiger partial charge is 0.461 e. The zero-order valence-electron chi connectivity index (χ0n) is 12.2. The topological polar surface area (TPSA) is 35.3 Å². The molecule has 0 spiro atoms. The summed E-state index contributed by atoms with van der Waals surface area (Å²) in [6.07, 6.45) is 1.77. The molecule has 0 aliphatic rings. The molecule has 0 fully saturated rings. The zero-order valence-corrected chi connectivity index (χ0v) is 12.2. The van der Waals surface area contributed by atoms with Gasteiger partial charge < -0.3 is 9.15 Å². The van der Waals surface area contributed by atoms with E-state index >= 15 is 0 Å². The van der Waals surface area contributed by atoms with E-state index in [1.807, 2.05) is 27.7 Å². The lowest BCUT2D eigenvalue weighted by atomic mass is 10.2. The fourth-order valence-electron chi connectivity index (χ4n) is 1.23. The van der Waals surface area contributed by atoms with Gasteiger partial charge in [-0.1, -0.05) is 27.7 Å². The number of oxazole rings is 1. The number of benzene rings is 1. The highest BCUT2D eigenvalue weighted by molar-refractivity contribution is 5.54. The molecule has 0 radical (unpaired) electrons. The molecule has 0 aliphatic carbocycles. The highest BCUT2D eigenvalue weighted by atomic mass is 19.1. The van der Waals surface area contributed by atoms with Gasteiger partial charge in [-0.05, 0) is 24.3 Å². The molecule has 0 amide bonds. The van der Waals surface area contributed by atoms with E-state index in [1.165, 1.54) is 13.2 Å². The molecular formula is C15H22FNO2. The van der Waals surface area contributed by atoms with Crippen molar-refractivity contribution in [2.45, 2.75) is 41.0 Å². The van der Waals surface area contributed by atoms with Crippen molar-refractivity contribution >= 4 is 0 Å². The van der Waals surface area contributed by atoms with E-state index in [0.717, 1.165) is 5.56 Å².